The van der Waals surface area contributed by atoms with Gasteiger partial charge in [0.25, 0.3) is 0 Å². The van der Waals surface area contributed by atoms with Gasteiger partial charge in [-0.15, -0.1) is 0 Å². The summed E-state index contributed by atoms with van der Waals surface area (Å²) < 4.78 is 41.9. The van der Waals surface area contributed by atoms with Gasteiger partial charge in [0, 0.05) is 11.0 Å². The molecule has 0 spiro atoms. The quantitative estimate of drug-likeness (QED) is 0.506. The summed E-state index contributed by atoms with van der Waals surface area (Å²) in [4.78, 5) is 12.7. The van der Waals surface area contributed by atoms with Crippen LogP contribution in [0.3, 0.4) is 0 Å². The minimum absolute atomic E-state index is 0.0108. The van der Waals surface area contributed by atoms with Crippen LogP contribution in [0.25, 0.3) is 0 Å². The number of benzene rings is 3. The molecule has 0 atom stereocenters. The zero-order chi connectivity index (χ0) is 21.6. The largest absolute Gasteiger partial charge is 0.322 e. The van der Waals surface area contributed by atoms with Gasteiger partial charge < -0.3 is 5.32 Å². The Balaban J connectivity index is 1.80. The van der Waals surface area contributed by atoms with Crippen LogP contribution in [0, 0.1) is 5.82 Å². The van der Waals surface area contributed by atoms with Crippen molar-refractivity contribution in [2.24, 2.45) is 0 Å². The lowest BCUT2D eigenvalue weighted by Gasteiger charge is -2.22. The van der Waals surface area contributed by atoms with Crippen molar-refractivity contribution < 1.29 is 17.6 Å². The van der Waals surface area contributed by atoms with Crippen molar-refractivity contribution in [3.63, 3.8) is 0 Å². The Morgan fingerprint density at radius 1 is 0.967 bits per heavy atom. The maximum Gasteiger partial charge on any atom is 0.243 e. The van der Waals surface area contributed by atoms with Crippen LogP contribution < -0.4 is 5.32 Å². The monoisotopic (exact) mass is 490 g/mol. The Labute approximate surface area is 183 Å². The van der Waals surface area contributed by atoms with E-state index in [-0.39, 0.29) is 17.1 Å². The molecule has 3 rings (SSSR count). The molecule has 0 bridgehead atoms. The van der Waals surface area contributed by atoms with E-state index in [4.69, 9.17) is 0 Å². The van der Waals surface area contributed by atoms with E-state index in [2.05, 4.69) is 21.2 Å². The van der Waals surface area contributed by atoms with E-state index in [1.165, 1.54) is 24.3 Å². The van der Waals surface area contributed by atoms with Crippen LogP contribution in [-0.4, -0.2) is 31.7 Å². The first-order chi connectivity index (χ1) is 14.4. The van der Waals surface area contributed by atoms with Gasteiger partial charge in [-0.3, -0.25) is 4.79 Å². The summed E-state index contributed by atoms with van der Waals surface area (Å²) in [6.45, 7) is -0.322. The standard InChI is InChI=1S/C22H20BrFN2O3S/c23-18-11-12-21(20(24)15-18)25-22(27)16-26(14-13-17-7-3-1-4-8-17)30(28,29)19-9-5-2-6-10-19/h1-12,15H,13-14,16H2,(H,25,27). The average molecular weight is 491 g/mol. The smallest absolute Gasteiger partial charge is 0.243 e. The second-order valence-corrected chi connectivity index (χ2v) is 9.41. The number of nitrogens with one attached hydrogen (secondary N) is 1. The number of rotatable bonds is 8. The van der Waals surface area contributed by atoms with Crippen LogP contribution in [0.1, 0.15) is 5.56 Å². The fourth-order valence-electron chi connectivity index (χ4n) is 2.86. The maximum atomic E-state index is 14.0. The van der Waals surface area contributed by atoms with Gasteiger partial charge in [-0.1, -0.05) is 64.5 Å². The topological polar surface area (TPSA) is 66.5 Å². The van der Waals surface area contributed by atoms with Crippen molar-refractivity contribution in [3.05, 3.63) is 94.7 Å². The molecule has 8 heteroatoms. The van der Waals surface area contributed by atoms with Gasteiger partial charge in [-0.25, -0.2) is 12.8 Å². The number of anilines is 1. The van der Waals surface area contributed by atoms with Crippen LogP contribution in [0.15, 0.2) is 88.2 Å². The number of carbonyl (C=O) groups excluding carboxylic acids is 1. The van der Waals surface area contributed by atoms with Crippen LogP contribution in [-0.2, 0) is 21.2 Å². The zero-order valence-electron chi connectivity index (χ0n) is 16.0. The van der Waals surface area contributed by atoms with Gasteiger partial charge in [-0.2, -0.15) is 4.31 Å². The molecule has 0 saturated carbocycles. The molecule has 0 aliphatic carbocycles. The van der Waals surface area contributed by atoms with Crippen LogP contribution in [0.4, 0.5) is 10.1 Å². The first kappa shape index (κ1) is 22.1. The highest BCUT2D eigenvalue weighted by molar-refractivity contribution is 9.10. The molecule has 0 radical (unpaired) electrons. The second-order valence-electron chi connectivity index (χ2n) is 6.56. The molecule has 0 fully saturated rings. The highest BCUT2D eigenvalue weighted by atomic mass is 79.9. The van der Waals surface area contributed by atoms with E-state index in [9.17, 15) is 17.6 Å². The zero-order valence-corrected chi connectivity index (χ0v) is 18.4. The Morgan fingerprint density at radius 2 is 1.60 bits per heavy atom. The molecule has 3 aromatic carbocycles. The molecule has 3 aromatic rings. The Hall–Kier alpha value is -2.55. The SMILES string of the molecule is O=C(CN(CCc1ccccc1)S(=O)(=O)c1ccccc1)Nc1ccc(Br)cc1F. The van der Waals surface area contributed by atoms with E-state index in [0.717, 1.165) is 9.87 Å². The predicted molar refractivity (Wildman–Crippen MR) is 118 cm³/mol. The number of hydrogen-bond donors (Lipinski definition) is 1. The second kappa shape index (κ2) is 9.97. The van der Waals surface area contributed by atoms with Crippen molar-refractivity contribution >= 4 is 37.5 Å². The third-order valence-corrected chi connectivity index (χ3v) is 6.75. The predicted octanol–water partition coefficient (Wildman–Crippen LogP) is 4.46. The Morgan fingerprint density at radius 3 is 2.23 bits per heavy atom. The van der Waals surface area contributed by atoms with E-state index < -0.39 is 28.3 Å². The molecular weight excluding hydrogens is 471 g/mol. The first-order valence-electron chi connectivity index (χ1n) is 9.20. The van der Waals surface area contributed by atoms with Crippen LogP contribution in [0.2, 0.25) is 0 Å². The van der Waals surface area contributed by atoms with Gasteiger partial charge in [0.15, 0.2) is 0 Å². The van der Waals surface area contributed by atoms with E-state index in [1.54, 1.807) is 24.3 Å². The Kier molecular flexibility index (Phi) is 7.36. The summed E-state index contributed by atoms with van der Waals surface area (Å²) >= 11 is 3.16. The lowest BCUT2D eigenvalue weighted by atomic mass is 10.1. The third kappa shape index (κ3) is 5.75. The fraction of sp³-hybridized carbons (Fsp3) is 0.136. The number of hydrogen-bond acceptors (Lipinski definition) is 3. The van der Waals surface area contributed by atoms with Crippen molar-refractivity contribution in [2.45, 2.75) is 11.3 Å². The molecule has 1 N–H and O–H groups in total. The van der Waals surface area contributed by atoms with Gasteiger partial charge >= 0.3 is 0 Å². The molecule has 5 nitrogen and oxygen atoms in total. The minimum Gasteiger partial charge on any atom is -0.322 e. The molecule has 0 aliphatic heterocycles. The van der Waals surface area contributed by atoms with Gasteiger partial charge in [0.2, 0.25) is 15.9 Å². The highest BCUT2D eigenvalue weighted by Crippen LogP contribution is 2.20. The summed E-state index contributed by atoms with van der Waals surface area (Å²) in [5.74, 6) is -1.23. The molecule has 0 saturated heterocycles. The van der Waals surface area contributed by atoms with E-state index >= 15 is 0 Å². The fourth-order valence-corrected chi connectivity index (χ4v) is 4.62. The van der Waals surface area contributed by atoms with Gasteiger partial charge in [0.1, 0.15) is 5.82 Å². The highest BCUT2D eigenvalue weighted by Gasteiger charge is 2.26. The number of amides is 1. The van der Waals surface area contributed by atoms with Crippen LogP contribution >= 0.6 is 15.9 Å². The number of carbonyl (C=O) groups is 1. The third-order valence-electron chi connectivity index (χ3n) is 4.40. The normalized spacial score (nSPS) is 11.4. The summed E-state index contributed by atoms with van der Waals surface area (Å²) in [6.07, 6.45) is 0.437. The van der Waals surface area contributed by atoms with Crippen molar-refractivity contribution in [2.75, 3.05) is 18.4 Å². The van der Waals surface area contributed by atoms with Crippen LogP contribution in [0.5, 0.6) is 0 Å². The maximum absolute atomic E-state index is 14.0. The first-order valence-corrected chi connectivity index (χ1v) is 11.4. The number of sulfonamides is 1. The lowest BCUT2D eigenvalue weighted by Crippen LogP contribution is -2.39. The molecule has 1 amide bonds. The molecule has 156 valence electrons. The summed E-state index contributed by atoms with van der Waals surface area (Å²) in [5, 5.41) is 2.45. The molecule has 0 heterocycles. The molecule has 0 unspecified atom stereocenters. The Bertz CT molecular complexity index is 1110. The minimum atomic E-state index is -3.90. The van der Waals surface area contributed by atoms with Gasteiger partial charge in [-0.05, 0) is 42.3 Å². The number of nitrogens with zero attached hydrogens (tertiary/aromatic N) is 1. The molecule has 0 aromatic heterocycles. The summed E-state index contributed by atoms with van der Waals surface area (Å²) in [6, 6.07) is 21.6. The van der Waals surface area contributed by atoms with Crippen molar-refractivity contribution in [1.82, 2.24) is 4.31 Å². The van der Waals surface area contributed by atoms with E-state index in [1.807, 2.05) is 30.3 Å². The molecule has 30 heavy (non-hydrogen) atoms. The summed E-state index contributed by atoms with van der Waals surface area (Å²) in [7, 11) is -3.90. The molecule has 0 aliphatic rings. The van der Waals surface area contributed by atoms with E-state index in [0.29, 0.717) is 10.9 Å². The summed E-state index contributed by atoms with van der Waals surface area (Å²) in [5.41, 5.74) is 0.938. The van der Waals surface area contributed by atoms with Gasteiger partial charge in [0.05, 0.1) is 17.1 Å². The lowest BCUT2D eigenvalue weighted by molar-refractivity contribution is -0.116. The molecular formula is C22H20BrFN2O3S. The van der Waals surface area contributed by atoms with Crippen molar-refractivity contribution in [1.29, 1.82) is 0 Å². The average Bonchev–Trinajstić information content (AvgIpc) is 2.74. The van der Waals surface area contributed by atoms with Crippen molar-refractivity contribution in [3.8, 4) is 0 Å². The number of halogens is 2.